The van der Waals surface area contributed by atoms with E-state index in [0.717, 1.165) is 6.42 Å². The number of rotatable bonds is 0. The second-order valence-electron chi connectivity index (χ2n) is 5.95. The summed E-state index contributed by atoms with van der Waals surface area (Å²) in [5.74, 6) is -0.142. The van der Waals surface area contributed by atoms with Gasteiger partial charge in [0.25, 0.3) is 0 Å². The van der Waals surface area contributed by atoms with Gasteiger partial charge in [-0.15, -0.1) is 0 Å². The normalized spacial score (nSPS) is 23.5. The minimum Gasteiger partial charge on any atom is -0.443 e. The van der Waals surface area contributed by atoms with Gasteiger partial charge in [-0.25, -0.2) is 9.69 Å². The van der Waals surface area contributed by atoms with Gasteiger partial charge in [-0.2, -0.15) is 0 Å². The van der Waals surface area contributed by atoms with Crippen molar-refractivity contribution in [3.63, 3.8) is 0 Å². The predicted molar refractivity (Wildman–Crippen MR) is 60.4 cm³/mol. The van der Waals surface area contributed by atoms with Gasteiger partial charge in [-0.05, 0) is 27.2 Å². The SMILES string of the molecule is CC(C)(C)OC(=O)N1CC2(CCC1=O)COC2. The quantitative estimate of drug-likeness (QED) is 0.646. The molecule has 2 rings (SSSR count). The summed E-state index contributed by atoms with van der Waals surface area (Å²) in [6.45, 7) is 7.09. The fraction of sp³-hybridized carbons (Fsp3) is 0.833. The Morgan fingerprint density at radius 3 is 2.53 bits per heavy atom. The van der Waals surface area contributed by atoms with Crippen molar-refractivity contribution in [2.75, 3.05) is 19.8 Å². The molecule has 2 aliphatic heterocycles. The standard InChI is InChI=1S/C12H19NO4/c1-11(2,3)17-10(15)13-6-12(7-16-8-12)5-4-9(13)14/h4-8H2,1-3H3. The number of likely N-dealkylation sites (tertiary alicyclic amines) is 1. The summed E-state index contributed by atoms with van der Waals surface area (Å²) in [6.07, 6.45) is 0.682. The van der Waals surface area contributed by atoms with Crippen LogP contribution in [0.2, 0.25) is 0 Å². The number of piperidine rings is 1. The number of carbonyl (C=O) groups is 2. The maximum Gasteiger partial charge on any atom is 0.417 e. The fourth-order valence-corrected chi connectivity index (χ4v) is 2.12. The number of amides is 2. The minimum atomic E-state index is -0.571. The molecule has 0 saturated carbocycles. The van der Waals surface area contributed by atoms with E-state index in [1.807, 2.05) is 0 Å². The minimum absolute atomic E-state index is 0.00911. The maximum absolute atomic E-state index is 11.9. The molecule has 2 saturated heterocycles. The average molecular weight is 241 g/mol. The lowest BCUT2D eigenvalue weighted by molar-refractivity contribution is -0.162. The Kier molecular flexibility index (Phi) is 2.89. The van der Waals surface area contributed by atoms with Crippen molar-refractivity contribution in [2.24, 2.45) is 5.41 Å². The van der Waals surface area contributed by atoms with Crippen LogP contribution in [0.15, 0.2) is 0 Å². The molecule has 0 aromatic carbocycles. The monoisotopic (exact) mass is 241 g/mol. The molecule has 17 heavy (non-hydrogen) atoms. The summed E-state index contributed by atoms with van der Waals surface area (Å²) in [4.78, 5) is 24.9. The number of hydrogen-bond donors (Lipinski definition) is 0. The molecule has 5 heteroatoms. The Labute approximate surface area is 101 Å². The summed E-state index contributed by atoms with van der Waals surface area (Å²) < 4.78 is 10.4. The highest BCUT2D eigenvalue weighted by molar-refractivity contribution is 5.92. The molecule has 2 heterocycles. The lowest BCUT2D eigenvalue weighted by atomic mass is 9.78. The Morgan fingerprint density at radius 1 is 1.41 bits per heavy atom. The van der Waals surface area contributed by atoms with E-state index in [-0.39, 0.29) is 11.3 Å². The molecule has 0 bridgehead atoms. The van der Waals surface area contributed by atoms with Crippen LogP contribution in [0.1, 0.15) is 33.6 Å². The summed E-state index contributed by atoms with van der Waals surface area (Å²) in [5.41, 5.74) is -0.580. The van der Waals surface area contributed by atoms with Crippen molar-refractivity contribution in [2.45, 2.75) is 39.2 Å². The first-order chi connectivity index (χ1) is 7.81. The topological polar surface area (TPSA) is 55.8 Å². The van der Waals surface area contributed by atoms with Crippen LogP contribution in [0.5, 0.6) is 0 Å². The number of nitrogens with zero attached hydrogens (tertiary/aromatic N) is 1. The summed E-state index contributed by atoms with van der Waals surface area (Å²) in [7, 11) is 0. The molecule has 1 spiro atoms. The molecule has 2 fully saturated rings. The highest BCUT2D eigenvalue weighted by Gasteiger charge is 2.47. The molecule has 0 radical (unpaired) electrons. The van der Waals surface area contributed by atoms with E-state index >= 15 is 0 Å². The predicted octanol–water partition coefficient (Wildman–Crippen LogP) is 1.56. The zero-order valence-electron chi connectivity index (χ0n) is 10.6. The molecule has 2 amide bonds. The van der Waals surface area contributed by atoms with Crippen molar-refractivity contribution in [3.05, 3.63) is 0 Å². The van der Waals surface area contributed by atoms with Crippen molar-refractivity contribution in [1.82, 2.24) is 4.90 Å². The molecule has 5 nitrogen and oxygen atoms in total. The smallest absolute Gasteiger partial charge is 0.417 e. The van der Waals surface area contributed by atoms with Crippen LogP contribution in [-0.4, -0.2) is 42.3 Å². The van der Waals surface area contributed by atoms with Crippen LogP contribution in [0, 0.1) is 5.41 Å². The van der Waals surface area contributed by atoms with Crippen molar-refractivity contribution < 1.29 is 19.1 Å². The highest BCUT2D eigenvalue weighted by atomic mass is 16.6. The van der Waals surface area contributed by atoms with E-state index in [9.17, 15) is 9.59 Å². The Hall–Kier alpha value is -1.10. The molecular formula is C12H19NO4. The van der Waals surface area contributed by atoms with E-state index in [4.69, 9.17) is 9.47 Å². The zero-order chi connectivity index (χ0) is 12.7. The van der Waals surface area contributed by atoms with Gasteiger partial charge in [-0.3, -0.25) is 4.79 Å². The van der Waals surface area contributed by atoms with E-state index in [0.29, 0.717) is 26.2 Å². The first kappa shape index (κ1) is 12.4. The van der Waals surface area contributed by atoms with Crippen LogP contribution >= 0.6 is 0 Å². The van der Waals surface area contributed by atoms with Gasteiger partial charge in [0, 0.05) is 18.4 Å². The summed E-state index contributed by atoms with van der Waals surface area (Å²) in [6, 6.07) is 0. The molecule has 0 aromatic heterocycles. The molecule has 0 aliphatic carbocycles. The number of carbonyl (C=O) groups excluding carboxylic acids is 2. The number of ether oxygens (including phenoxy) is 2. The van der Waals surface area contributed by atoms with Crippen LogP contribution in [-0.2, 0) is 14.3 Å². The lowest BCUT2D eigenvalue weighted by Gasteiger charge is -2.47. The van der Waals surface area contributed by atoms with E-state index in [2.05, 4.69) is 0 Å². The first-order valence-electron chi connectivity index (χ1n) is 5.93. The van der Waals surface area contributed by atoms with Crippen LogP contribution in [0.4, 0.5) is 4.79 Å². The third kappa shape index (κ3) is 2.60. The van der Waals surface area contributed by atoms with E-state index < -0.39 is 11.7 Å². The first-order valence-corrected chi connectivity index (χ1v) is 5.93. The molecule has 0 atom stereocenters. The van der Waals surface area contributed by atoms with E-state index in [1.165, 1.54) is 4.90 Å². The molecular weight excluding hydrogens is 222 g/mol. The van der Waals surface area contributed by atoms with Crippen molar-refractivity contribution >= 4 is 12.0 Å². The van der Waals surface area contributed by atoms with Gasteiger partial charge < -0.3 is 9.47 Å². The molecule has 2 aliphatic rings. The van der Waals surface area contributed by atoms with Gasteiger partial charge in [0.1, 0.15) is 5.60 Å². The third-order valence-corrected chi connectivity index (χ3v) is 3.09. The van der Waals surface area contributed by atoms with Gasteiger partial charge in [0.05, 0.1) is 13.2 Å². The Bertz CT molecular complexity index is 341. The maximum atomic E-state index is 11.9. The second-order valence-corrected chi connectivity index (χ2v) is 5.95. The third-order valence-electron chi connectivity index (χ3n) is 3.09. The van der Waals surface area contributed by atoms with Crippen molar-refractivity contribution in [3.8, 4) is 0 Å². The zero-order valence-corrected chi connectivity index (χ0v) is 10.6. The molecule has 0 N–H and O–H groups in total. The lowest BCUT2D eigenvalue weighted by Crippen LogP contribution is -2.58. The molecule has 0 aromatic rings. The average Bonchev–Trinajstić information content (AvgIpc) is 2.13. The largest absolute Gasteiger partial charge is 0.443 e. The van der Waals surface area contributed by atoms with Crippen LogP contribution < -0.4 is 0 Å². The fourth-order valence-electron chi connectivity index (χ4n) is 2.12. The van der Waals surface area contributed by atoms with Gasteiger partial charge in [-0.1, -0.05) is 0 Å². The van der Waals surface area contributed by atoms with E-state index in [1.54, 1.807) is 20.8 Å². The molecule has 0 unspecified atom stereocenters. The Morgan fingerprint density at radius 2 is 2.06 bits per heavy atom. The molecule has 96 valence electrons. The highest BCUT2D eigenvalue weighted by Crippen LogP contribution is 2.37. The Balaban J connectivity index is 2.02. The second kappa shape index (κ2) is 3.98. The van der Waals surface area contributed by atoms with Gasteiger partial charge in [0.15, 0.2) is 0 Å². The summed E-state index contributed by atoms with van der Waals surface area (Å²) in [5, 5.41) is 0. The number of hydrogen-bond acceptors (Lipinski definition) is 4. The van der Waals surface area contributed by atoms with Gasteiger partial charge >= 0.3 is 6.09 Å². The van der Waals surface area contributed by atoms with Crippen LogP contribution in [0.25, 0.3) is 0 Å². The number of imide groups is 1. The van der Waals surface area contributed by atoms with Crippen LogP contribution in [0.3, 0.4) is 0 Å². The van der Waals surface area contributed by atoms with Gasteiger partial charge in [0.2, 0.25) is 5.91 Å². The summed E-state index contributed by atoms with van der Waals surface area (Å²) >= 11 is 0. The van der Waals surface area contributed by atoms with Crippen molar-refractivity contribution in [1.29, 1.82) is 0 Å².